The van der Waals surface area contributed by atoms with E-state index < -0.39 is 23.9 Å². The first kappa shape index (κ1) is 29.5. The number of benzene rings is 3. The molecule has 2 atom stereocenters. The van der Waals surface area contributed by atoms with Crippen molar-refractivity contribution >= 4 is 29.2 Å². The third-order valence-electron chi connectivity index (χ3n) is 7.30. The van der Waals surface area contributed by atoms with Gasteiger partial charge in [-0.15, -0.1) is 0 Å². The van der Waals surface area contributed by atoms with Crippen LogP contribution in [0.25, 0.3) is 0 Å². The average Bonchev–Trinajstić information content (AvgIpc) is 2.99. The highest BCUT2D eigenvalue weighted by atomic mass is 16.5. The van der Waals surface area contributed by atoms with Crippen LogP contribution in [0.15, 0.2) is 72.8 Å². The molecule has 0 fully saturated rings. The Morgan fingerprint density at radius 3 is 2.37 bits per heavy atom. The van der Waals surface area contributed by atoms with Crippen LogP contribution in [0.4, 0.5) is 5.69 Å². The van der Waals surface area contributed by atoms with Gasteiger partial charge in [0.25, 0.3) is 0 Å². The summed E-state index contributed by atoms with van der Waals surface area (Å²) < 4.78 is 5.44. The highest BCUT2D eigenvalue weighted by Gasteiger charge is 2.36. The normalized spacial score (nSPS) is 14.9. The third kappa shape index (κ3) is 7.18. The number of carbonyl (C=O) groups is 4. The first-order chi connectivity index (χ1) is 19.8. The van der Waals surface area contributed by atoms with Gasteiger partial charge < -0.3 is 26.0 Å². The molecule has 9 nitrogen and oxygen atoms in total. The van der Waals surface area contributed by atoms with E-state index in [2.05, 4.69) is 10.6 Å². The van der Waals surface area contributed by atoms with Gasteiger partial charge in [0.15, 0.2) is 5.78 Å². The number of para-hydroxylation sites is 1. The van der Waals surface area contributed by atoms with Crippen LogP contribution in [0.3, 0.4) is 0 Å². The van der Waals surface area contributed by atoms with Gasteiger partial charge >= 0.3 is 0 Å². The van der Waals surface area contributed by atoms with Gasteiger partial charge in [0.05, 0.1) is 12.8 Å². The summed E-state index contributed by atoms with van der Waals surface area (Å²) in [5, 5.41) is 5.67. The number of hydrogen-bond donors (Lipinski definition) is 3. The minimum Gasteiger partial charge on any atom is -0.494 e. The lowest BCUT2D eigenvalue weighted by Crippen LogP contribution is -2.56. The molecule has 1 aliphatic heterocycles. The molecule has 214 valence electrons. The number of methoxy groups -OCH3 is 1. The average molecular weight is 557 g/mol. The van der Waals surface area contributed by atoms with Gasteiger partial charge in [-0.2, -0.15) is 0 Å². The largest absolute Gasteiger partial charge is 0.494 e. The number of nitrogens with one attached hydrogen (secondary N) is 2. The van der Waals surface area contributed by atoms with Crippen LogP contribution in [0.2, 0.25) is 0 Å². The Balaban J connectivity index is 1.50. The number of nitrogens with zero attached hydrogens (tertiary/aromatic N) is 1. The fraction of sp³-hybridized carbons (Fsp3) is 0.312. The van der Waals surface area contributed by atoms with Gasteiger partial charge in [-0.3, -0.25) is 19.2 Å². The molecule has 4 N–H and O–H groups in total. The molecule has 0 saturated heterocycles. The first-order valence-corrected chi connectivity index (χ1v) is 13.7. The van der Waals surface area contributed by atoms with Crippen LogP contribution in [0.5, 0.6) is 5.75 Å². The second-order valence-corrected chi connectivity index (χ2v) is 10.1. The van der Waals surface area contributed by atoms with Gasteiger partial charge in [-0.1, -0.05) is 66.7 Å². The van der Waals surface area contributed by atoms with Crippen molar-refractivity contribution < 1.29 is 23.9 Å². The predicted molar refractivity (Wildman–Crippen MR) is 156 cm³/mol. The number of hydrogen-bond acceptors (Lipinski definition) is 6. The Bertz CT molecular complexity index is 1410. The van der Waals surface area contributed by atoms with E-state index in [4.69, 9.17) is 10.5 Å². The van der Waals surface area contributed by atoms with E-state index in [1.807, 2.05) is 43.3 Å². The van der Waals surface area contributed by atoms with E-state index in [1.54, 1.807) is 36.4 Å². The molecule has 9 heteroatoms. The summed E-state index contributed by atoms with van der Waals surface area (Å²) >= 11 is 0. The minimum absolute atomic E-state index is 0.0282. The SMILES string of the molecule is COc1c(C)cccc1NC(=O)[C@H](CCN)NC(=O)[C@@H]1Cc2ccccc2CN1C(=O)CCC(=O)c1ccccc1. The minimum atomic E-state index is -0.925. The molecule has 0 bridgehead atoms. The number of nitrogens with two attached hydrogens (primary N) is 1. The van der Waals surface area contributed by atoms with Crippen LogP contribution < -0.4 is 21.1 Å². The van der Waals surface area contributed by atoms with Crippen LogP contribution in [0.1, 0.15) is 46.3 Å². The summed E-state index contributed by atoms with van der Waals surface area (Å²) in [6, 6.07) is 20.1. The predicted octanol–water partition coefficient (Wildman–Crippen LogP) is 3.39. The lowest BCUT2D eigenvalue weighted by Gasteiger charge is -2.36. The molecule has 0 saturated carbocycles. The fourth-order valence-electron chi connectivity index (χ4n) is 5.10. The van der Waals surface area contributed by atoms with Crippen molar-refractivity contribution in [2.45, 2.75) is 51.2 Å². The molecule has 0 unspecified atom stereocenters. The van der Waals surface area contributed by atoms with Gasteiger partial charge in [-0.05, 0) is 42.6 Å². The molecular weight excluding hydrogens is 520 g/mol. The zero-order valence-electron chi connectivity index (χ0n) is 23.4. The smallest absolute Gasteiger partial charge is 0.247 e. The highest BCUT2D eigenvalue weighted by molar-refractivity contribution is 6.00. The molecule has 1 heterocycles. The lowest BCUT2D eigenvalue weighted by atomic mass is 9.92. The molecule has 0 aliphatic carbocycles. The van der Waals surface area contributed by atoms with E-state index in [-0.39, 0.29) is 44.0 Å². The van der Waals surface area contributed by atoms with Gasteiger partial charge in [0.2, 0.25) is 17.7 Å². The summed E-state index contributed by atoms with van der Waals surface area (Å²) in [5.41, 5.74) is 9.58. The third-order valence-corrected chi connectivity index (χ3v) is 7.30. The van der Waals surface area contributed by atoms with Gasteiger partial charge in [0, 0.05) is 31.4 Å². The Hall–Kier alpha value is -4.50. The highest BCUT2D eigenvalue weighted by Crippen LogP contribution is 2.28. The summed E-state index contributed by atoms with van der Waals surface area (Å²) in [5.74, 6) is -0.788. The Morgan fingerprint density at radius 2 is 1.66 bits per heavy atom. The Morgan fingerprint density at radius 1 is 0.951 bits per heavy atom. The van der Waals surface area contributed by atoms with Gasteiger partial charge in [-0.25, -0.2) is 0 Å². The van der Waals surface area contributed by atoms with Crippen molar-refractivity contribution in [1.29, 1.82) is 0 Å². The summed E-state index contributed by atoms with van der Waals surface area (Å²) in [4.78, 5) is 54.5. The van der Waals surface area contributed by atoms with Crippen LogP contribution in [-0.4, -0.2) is 54.1 Å². The summed E-state index contributed by atoms with van der Waals surface area (Å²) in [7, 11) is 1.52. The molecule has 4 rings (SSSR count). The maximum atomic E-state index is 13.7. The second-order valence-electron chi connectivity index (χ2n) is 10.1. The molecule has 41 heavy (non-hydrogen) atoms. The van der Waals surface area contributed by atoms with Crippen molar-refractivity contribution in [3.63, 3.8) is 0 Å². The number of rotatable bonds is 11. The van der Waals surface area contributed by atoms with Crippen molar-refractivity contribution in [3.05, 3.63) is 95.1 Å². The molecule has 0 spiro atoms. The fourth-order valence-corrected chi connectivity index (χ4v) is 5.10. The van der Waals surface area contributed by atoms with Crippen molar-refractivity contribution in [3.8, 4) is 5.75 Å². The molecule has 1 aliphatic rings. The maximum Gasteiger partial charge on any atom is 0.247 e. The van der Waals surface area contributed by atoms with Gasteiger partial charge in [0.1, 0.15) is 17.8 Å². The monoisotopic (exact) mass is 556 g/mol. The molecule has 0 aromatic heterocycles. The Labute approximate surface area is 240 Å². The van der Waals surface area contributed by atoms with E-state index in [1.165, 1.54) is 12.0 Å². The van der Waals surface area contributed by atoms with E-state index in [0.717, 1.165) is 16.7 Å². The zero-order chi connectivity index (χ0) is 29.4. The zero-order valence-corrected chi connectivity index (χ0v) is 23.4. The number of carbonyl (C=O) groups excluding carboxylic acids is 4. The standard InChI is InChI=1S/C32H36N4O5/c1-21-9-8-14-25(30(21)41-2)34-31(39)26(17-18-33)35-32(40)27-19-23-12-6-7-13-24(23)20-36(27)29(38)16-15-28(37)22-10-4-3-5-11-22/h3-14,26-27H,15-20,33H2,1-2H3,(H,34,39)(H,35,40)/t26-,27-/m0/s1. The number of anilines is 1. The molecule has 3 aromatic carbocycles. The second kappa shape index (κ2) is 13.7. The Kier molecular flexibility index (Phi) is 9.86. The van der Waals surface area contributed by atoms with Crippen molar-refractivity contribution in [1.82, 2.24) is 10.2 Å². The number of ether oxygens (including phenoxy) is 1. The van der Waals surface area contributed by atoms with Crippen LogP contribution in [0, 0.1) is 6.92 Å². The number of fused-ring (bicyclic) bond motifs is 1. The molecule has 0 radical (unpaired) electrons. The van der Waals surface area contributed by atoms with E-state index in [0.29, 0.717) is 23.4 Å². The quantitative estimate of drug-likeness (QED) is 0.311. The van der Waals surface area contributed by atoms with Crippen LogP contribution in [-0.2, 0) is 27.3 Å². The molecule has 3 amide bonds. The van der Waals surface area contributed by atoms with Crippen molar-refractivity contribution in [2.75, 3.05) is 19.0 Å². The number of Topliss-reactive ketones (excluding diaryl/α,β-unsaturated/α-hetero) is 1. The molecule has 3 aromatic rings. The summed E-state index contributed by atoms with van der Waals surface area (Å²) in [6.07, 6.45) is 0.503. The van der Waals surface area contributed by atoms with E-state index in [9.17, 15) is 19.2 Å². The van der Waals surface area contributed by atoms with E-state index >= 15 is 0 Å². The molecular formula is C32H36N4O5. The first-order valence-electron chi connectivity index (χ1n) is 13.7. The topological polar surface area (TPSA) is 131 Å². The number of amides is 3. The number of ketones is 1. The lowest BCUT2D eigenvalue weighted by molar-refractivity contribution is -0.142. The number of aryl methyl sites for hydroxylation is 1. The summed E-state index contributed by atoms with van der Waals surface area (Å²) in [6.45, 7) is 2.27. The van der Waals surface area contributed by atoms with Crippen molar-refractivity contribution in [2.24, 2.45) is 5.73 Å². The maximum absolute atomic E-state index is 13.7. The van der Waals surface area contributed by atoms with Crippen LogP contribution >= 0.6 is 0 Å².